The number of nitrogens with zero attached hydrogens (tertiary/aromatic N) is 3. The summed E-state index contributed by atoms with van der Waals surface area (Å²) in [6.07, 6.45) is 5.70. The molecule has 0 atom stereocenters. The van der Waals surface area contributed by atoms with Crippen molar-refractivity contribution in [2.45, 2.75) is 31.7 Å². The molecule has 1 heterocycles. The normalized spacial score (nSPS) is 14.0. The van der Waals surface area contributed by atoms with E-state index in [-0.39, 0.29) is 23.5 Å². The molecule has 0 aliphatic heterocycles. The number of anilines is 1. The van der Waals surface area contributed by atoms with Crippen LogP contribution >= 0.6 is 0 Å². The summed E-state index contributed by atoms with van der Waals surface area (Å²) in [5, 5.41) is 13.9. The molecule has 7 nitrogen and oxygen atoms in total. The van der Waals surface area contributed by atoms with Gasteiger partial charge in [0.15, 0.2) is 5.69 Å². The second kappa shape index (κ2) is 8.22. The van der Waals surface area contributed by atoms with Crippen molar-refractivity contribution in [2.24, 2.45) is 0 Å². The van der Waals surface area contributed by atoms with Gasteiger partial charge in [0.1, 0.15) is 5.82 Å². The van der Waals surface area contributed by atoms with E-state index in [1.165, 1.54) is 35.3 Å². The van der Waals surface area contributed by atoms with E-state index in [9.17, 15) is 14.0 Å². The Labute approximate surface area is 166 Å². The minimum atomic E-state index is -0.429. The number of aromatic nitrogens is 3. The molecule has 1 aliphatic rings. The van der Waals surface area contributed by atoms with Crippen molar-refractivity contribution in [2.75, 3.05) is 5.32 Å². The molecule has 0 saturated heterocycles. The molecule has 4 rings (SSSR count). The Hall–Kier alpha value is -3.55. The lowest BCUT2D eigenvalue weighted by molar-refractivity contribution is 0.0937. The van der Waals surface area contributed by atoms with Gasteiger partial charge in [-0.05, 0) is 61.4 Å². The first-order valence-electron chi connectivity index (χ1n) is 9.49. The fraction of sp³-hybridized carbons (Fsp3) is 0.238. The number of hydrogen-bond donors (Lipinski definition) is 2. The van der Waals surface area contributed by atoms with Crippen LogP contribution in [0.4, 0.5) is 10.1 Å². The summed E-state index contributed by atoms with van der Waals surface area (Å²) in [5.74, 6) is -0.891. The van der Waals surface area contributed by atoms with Crippen LogP contribution in [0.15, 0.2) is 54.7 Å². The van der Waals surface area contributed by atoms with Gasteiger partial charge in [-0.3, -0.25) is 9.59 Å². The lowest BCUT2D eigenvalue weighted by atomic mass is 10.1. The van der Waals surface area contributed by atoms with Gasteiger partial charge in [0.05, 0.1) is 11.9 Å². The third-order valence-corrected chi connectivity index (χ3v) is 4.88. The molecule has 0 radical (unpaired) electrons. The van der Waals surface area contributed by atoms with Gasteiger partial charge in [0, 0.05) is 17.3 Å². The molecule has 2 N–H and O–H groups in total. The quantitative estimate of drug-likeness (QED) is 0.696. The first kappa shape index (κ1) is 18.8. The maximum absolute atomic E-state index is 13.0. The Morgan fingerprint density at radius 2 is 1.66 bits per heavy atom. The van der Waals surface area contributed by atoms with E-state index in [1.54, 1.807) is 24.3 Å². The summed E-state index contributed by atoms with van der Waals surface area (Å²) in [5.41, 5.74) is 1.77. The van der Waals surface area contributed by atoms with Gasteiger partial charge in [-0.2, -0.15) is 9.90 Å². The molecule has 2 aromatic carbocycles. The predicted molar refractivity (Wildman–Crippen MR) is 105 cm³/mol. The Kier molecular flexibility index (Phi) is 5.33. The first-order chi connectivity index (χ1) is 14.1. The number of nitrogens with one attached hydrogen (secondary N) is 2. The maximum atomic E-state index is 13.0. The van der Waals surface area contributed by atoms with E-state index < -0.39 is 5.91 Å². The topological polar surface area (TPSA) is 88.9 Å². The average molecular weight is 393 g/mol. The molecular weight excluding hydrogens is 373 g/mol. The highest BCUT2D eigenvalue weighted by molar-refractivity contribution is 6.03. The Morgan fingerprint density at radius 3 is 2.34 bits per heavy atom. The van der Waals surface area contributed by atoms with Crippen LogP contribution < -0.4 is 10.6 Å². The van der Waals surface area contributed by atoms with Crippen molar-refractivity contribution in [3.05, 3.63) is 71.8 Å². The number of amides is 2. The molecule has 1 saturated carbocycles. The highest BCUT2D eigenvalue weighted by Gasteiger charge is 2.18. The van der Waals surface area contributed by atoms with Crippen molar-refractivity contribution in [3.63, 3.8) is 0 Å². The van der Waals surface area contributed by atoms with E-state index in [0.29, 0.717) is 16.9 Å². The summed E-state index contributed by atoms with van der Waals surface area (Å²) in [6, 6.07) is 12.6. The van der Waals surface area contributed by atoms with Crippen LogP contribution in [0.25, 0.3) is 5.69 Å². The van der Waals surface area contributed by atoms with E-state index >= 15 is 0 Å². The zero-order chi connectivity index (χ0) is 20.2. The summed E-state index contributed by atoms with van der Waals surface area (Å²) in [7, 11) is 0. The van der Waals surface area contributed by atoms with Crippen LogP contribution in [0.5, 0.6) is 0 Å². The largest absolute Gasteiger partial charge is 0.349 e. The number of halogens is 1. The first-order valence-corrected chi connectivity index (χ1v) is 9.49. The van der Waals surface area contributed by atoms with E-state index in [1.807, 2.05) is 0 Å². The van der Waals surface area contributed by atoms with Crippen molar-refractivity contribution in [1.29, 1.82) is 0 Å². The molecule has 1 aromatic heterocycles. The SMILES string of the molecule is O=C(NC1CCCC1)c1ccc(NC(=O)c2cnn(-c3ccc(F)cc3)n2)cc1. The zero-order valence-electron chi connectivity index (χ0n) is 15.6. The Bertz CT molecular complexity index is 1010. The van der Waals surface area contributed by atoms with E-state index in [2.05, 4.69) is 20.8 Å². The molecular formula is C21H20FN5O2. The monoisotopic (exact) mass is 393 g/mol. The van der Waals surface area contributed by atoms with Crippen LogP contribution in [0, 0.1) is 5.82 Å². The summed E-state index contributed by atoms with van der Waals surface area (Å²) >= 11 is 0. The standard InChI is InChI=1S/C21H20FN5O2/c22-15-7-11-18(12-8-15)27-23-13-19(26-27)21(29)25-17-9-5-14(6-10-17)20(28)24-16-3-1-2-4-16/h5-13,16H,1-4H2,(H,24,28)(H,25,29). The molecule has 3 aromatic rings. The van der Waals surface area contributed by atoms with Gasteiger partial charge in [-0.15, -0.1) is 5.10 Å². The van der Waals surface area contributed by atoms with E-state index in [4.69, 9.17) is 0 Å². The van der Waals surface area contributed by atoms with Gasteiger partial charge in [-0.25, -0.2) is 4.39 Å². The second-order valence-electron chi connectivity index (χ2n) is 6.98. The fourth-order valence-corrected chi connectivity index (χ4v) is 3.30. The Balaban J connectivity index is 1.38. The molecule has 2 amide bonds. The zero-order valence-corrected chi connectivity index (χ0v) is 15.6. The smallest absolute Gasteiger partial charge is 0.277 e. The van der Waals surface area contributed by atoms with Crippen molar-refractivity contribution in [1.82, 2.24) is 20.3 Å². The van der Waals surface area contributed by atoms with Gasteiger partial charge in [0.25, 0.3) is 11.8 Å². The van der Waals surface area contributed by atoms with Crippen LogP contribution in [0.1, 0.15) is 46.5 Å². The lowest BCUT2D eigenvalue weighted by Crippen LogP contribution is -2.32. The van der Waals surface area contributed by atoms with Crippen LogP contribution in [0.2, 0.25) is 0 Å². The molecule has 8 heteroatoms. The molecule has 0 spiro atoms. The molecule has 0 unspecified atom stereocenters. The summed E-state index contributed by atoms with van der Waals surface area (Å²) in [6.45, 7) is 0. The van der Waals surface area contributed by atoms with Crippen LogP contribution in [-0.2, 0) is 0 Å². The fourth-order valence-electron chi connectivity index (χ4n) is 3.30. The number of carbonyl (C=O) groups excluding carboxylic acids is 2. The second-order valence-corrected chi connectivity index (χ2v) is 6.98. The third kappa shape index (κ3) is 4.48. The van der Waals surface area contributed by atoms with Crippen molar-refractivity contribution < 1.29 is 14.0 Å². The highest BCUT2D eigenvalue weighted by atomic mass is 19.1. The molecule has 29 heavy (non-hydrogen) atoms. The maximum Gasteiger partial charge on any atom is 0.277 e. The van der Waals surface area contributed by atoms with Gasteiger partial charge in [-0.1, -0.05) is 12.8 Å². The average Bonchev–Trinajstić information content (AvgIpc) is 3.41. The molecule has 1 fully saturated rings. The van der Waals surface area contributed by atoms with Crippen LogP contribution in [-0.4, -0.2) is 32.9 Å². The number of carbonyl (C=O) groups is 2. The number of rotatable bonds is 5. The van der Waals surface area contributed by atoms with Crippen LogP contribution in [0.3, 0.4) is 0 Å². The molecule has 148 valence electrons. The molecule has 1 aliphatic carbocycles. The lowest BCUT2D eigenvalue weighted by Gasteiger charge is -2.12. The summed E-state index contributed by atoms with van der Waals surface area (Å²) in [4.78, 5) is 25.9. The van der Waals surface area contributed by atoms with Gasteiger partial charge in [0.2, 0.25) is 0 Å². The van der Waals surface area contributed by atoms with Crippen molar-refractivity contribution >= 4 is 17.5 Å². The molecule has 0 bridgehead atoms. The third-order valence-electron chi connectivity index (χ3n) is 4.88. The summed E-state index contributed by atoms with van der Waals surface area (Å²) < 4.78 is 13.0. The van der Waals surface area contributed by atoms with Gasteiger partial charge < -0.3 is 10.6 Å². The Morgan fingerprint density at radius 1 is 0.966 bits per heavy atom. The minimum Gasteiger partial charge on any atom is -0.349 e. The van der Waals surface area contributed by atoms with Crippen molar-refractivity contribution in [3.8, 4) is 5.69 Å². The number of benzene rings is 2. The minimum absolute atomic E-state index is 0.1000. The van der Waals surface area contributed by atoms with E-state index in [0.717, 1.165) is 25.7 Å². The van der Waals surface area contributed by atoms with Gasteiger partial charge >= 0.3 is 0 Å². The predicted octanol–water partition coefficient (Wildman–Crippen LogP) is 3.33. The number of hydrogen-bond acceptors (Lipinski definition) is 4. The highest BCUT2D eigenvalue weighted by Crippen LogP contribution is 2.18.